The van der Waals surface area contributed by atoms with Crippen molar-refractivity contribution >= 4 is 25.8 Å². The molecular formula is C45H48OSi. The Bertz CT molecular complexity index is 2020. The molecule has 238 valence electrons. The van der Waals surface area contributed by atoms with Gasteiger partial charge in [-0.25, -0.2) is 0 Å². The molecule has 0 saturated heterocycles. The Kier molecular flexibility index (Phi) is 7.52. The number of fused-ring (bicyclic) bond motifs is 2. The van der Waals surface area contributed by atoms with Gasteiger partial charge < -0.3 is 4.42 Å². The van der Waals surface area contributed by atoms with E-state index in [9.17, 15) is 0 Å². The maximum Gasteiger partial charge on any atom is 0.130 e. The van der Waals surface area contributed by atoms with Crippen LogP contribution in [-0.2, 0) is 10.8 Å². The van der Waals surface area contributed by atoms with Crippen LogP contribution in [0.4, 0.5) is 0 Å². The van der Waals surface area contributed by atoms with Gasteiger partial charge in [0, 0.05) is 11.1 Å². The number of benzene rings is 4. The molecule has 0 saturated carbocycles. The summed E-state index contributed by atoms with van der Waals surface area (Å²) in [6, 6.07) is 36.6. The van der Waals surface area contributed by atoms with Gasteiger partial charge in [0.2, 0.25) is 0 Å². The van der Waals surface area contributed by atoms with Crippen molar-refractivity contribution < 1.29 is 4.42 Å². The van der Waals surface area contributed by atoms with Gasteiger partial charge >= 0.3 is 0 Å². The Labute approximate surface area is 283 Å². The summed E-state index contributed by atoms with van der Waals surface area (Å²) in [4.78, 5) is 0. The van der Waals surface area contributed by atoms with Crippen LogP contribution in [0.25, 0.3) is 40.0 Å². The van der Waals surface area contributed by atoms with Crippen LogP contribution in [0.3, 0.4) is 0 Å². The Balaban J connectivity index is 1.31. The fourth-order valence-electron chi connectivity index (χ4n) is 7.97. The van der Waals surface area contributed by atoms with Crippen molar-refractivity contribution in [1.29, 1.82) is 0 Å². The Hall–Kier alpha value is -4.14. The van der Waals surface area contributed by atoms with E-state index < -0.39 is 8.07 Å². The van der Waals surface area contributed by atoms with Crippen molar-refractivity contribution in [2.45, 2.75) is 83.5 Å². The third kappa shape index (κ3) is 5.51. The SMILES string of the molecule is Cc1ccc(C2=Cc3c(-c4ccc(C(C)(C)C)cc4)cccc3C2[Si](C)(C)C2C=Cc3c(-c4ccc(C(C)(C)C)cc4)cccc32)o1. The van der Waals surface area contributed by atoms with Gasteiger partial charge in [-0.3, -0.25) is 0 Å². The van der Waals surface area contributed by atoms with E-state index in [1.54, 1.807) is 0 Å². The van der Waals surface area contributed by atoms with Gasteiger partial charge in [0.1, 0.15) is 11.5 Å². The zero-order chi connectivity index (χ0) is 33.3. The van der Waals surface area contributed by atoms with E-state index in [0.717, 1.165) is 11.5 Å². The number of furan rings is 1. The number of hydrogen-bond donors (Lipinski definition) is 0. The number of aryl methyl sites for hydroxylation is 1. The molecule has 1 nitrogen and oxygen atoms in total. The van der Waals surface area contributed by atoms with Crippen LogP contribution in [0.2, 0.25) is 13.1 Å². The average molecular weight is 633 g/mol. The normalized spacial score (nSPS) is 17.5. The molecule has 0 fully saturated rings. The van der Waals surface area contributed by atoms with Crippen LogP contribution in [0.1, 0.15) is 97.5 Å². The van der Waals surface area contributed by atoms with Crippen LogP contribution < -0.4 is 0 Å². The molecule has 2 heteroatoms. The van der Waals surface area contributed by atoms with Crippen molar-refractivity contribution in [1.82, 2.24) is 0 Å². The molecule has 0 radical (unpaired) electrons. The molecule has 2 atom stereocenters. The van der Waals surface area contributed by atoms with E-state index in [1.165, 1.54) is 61.2 Å². The zero-order valence-corrected chi connectivity index (χ0v) is 30.5. The Morgan fingerprint density at radius 2 is 1.13 bits per heavy atom. The van der Waals surface area contributed by atoms with Gasteiger partial charge in [-0.1, -0.05) is 152 Å². The molecule has 0 N–H and O–H groups in total. The number of rotatable bonds is 5. The average Bonchev–Trinajstić information content (AvgIpc) is 3.77. The third-order valence-electron chi connectivity index (χ3n) is 10.7. The third-order valence-corrected chi connectivity index (χ3v) is 14.9. The summed E-state index contributed by atoms with van der Waals surface area (Å²) in [6.07, 6.45) is 7.38. The first kappa shape index (κ1) is 31.5. The predicted molar refractivity (Wildman–Crippen MR) is 204 cm³/mol. The van der Waals surface area contributed by atoms with E-state index in [0.29, 0.717) is 11.1 Å². The highest BCUT2D eigenvalue weighted by atomic mass is 28.3. The molecule has 47 heavy (non-hydrogen) atoms. The molecule has 1 heterocycles. The van der Waals surface area contributed by atoms with Gasteiger partial charge in [-0.05, 0) is 97.1 Å². The minimum absolute atomic E-state index is 0.128. The molecular weight excluding hydrogens is 585 g/mol. The fraction of sp³-hybridized carbons (Fsp3) is 0.289. The summed E-state index contributed by atoms with van der Waals surface area (Å²) < 4.78 is 6.40. The summed E-state index contributed by atoms with van der Waals surface area (Å²) in [6.45, 7) is 20.9. The lowest BCUT2D eigenvalue weighted by atomic mass is 9.86. The van der Waals surface area contributed by atoms with Gasteiger partial charge in [0.25, 0.3) is 0 Å². The van der Waals surface area contributed by atoms with E-state index in [4.69, 9.17) is 4.42 Å². The lowest BCUT2D eigenvalue weighted by Gasteiger charge is -2.37. The molecule has 0 spiro atoms. The van der Waals surface area contributed by atoms with Gasteiger partial charge in [-0.15, -0.1) is 0 Å². The van der Waals surface area contributed by atoms with Crippen LogP contribution in [0.15, 0.2) is 108 Å². The molecule has 0 aliphatic heterocycles. The van der Waals surface area contributed by atoms with Crippen LogP contribution in [0, 0.1) is 6.92 Å². The summed E-state index contributed by atoms with van der Waals surface area (Å²) in [5.41, 5.74) is 15.9. The minimum atomic E-state index is -2.11. The van der Waals surface area contributed by atoms with Crippen LogP contribution >= 0.6 is 0 Å². The van der Waals surface area contributed by atoms with Crippen molar-refractivity contribution in [3.05, 3.63) is 148 Å². The highest BCUT2D eigenvalue weighted by Crippen LogP contribution is 2.55. The molecule has 0 bridgehead atoms. The van der Waals surface area contributed by atoms with Crippen molar-refractivity contribution in [2.75, 3.05) is 0 Å². The second-order valence-corrected chi connectivity index (χ2v) is 21.2. The van der Waals surface area contributed by atoms with Gasteiger partial charge in [0.15, 0.2) is 0 Å². The van der Waals surface area contributed by atoms with Gasteiger partial charge in [-0.2, -0.15) is 0 Å². The smallest absolute Gasteiger partial charge is 0.130 e. The molecule has 7 rings (SSSR count). The number of hydrogen-bond acceptors (Lipinski definition) is 1. The molecule has 1 aromatic heterocycles. The standard InChI is InChI=1S/C45H48OSi/c1-29-16-26-41(46-29)40-28-39-35(31-19-23-33(24-20-31)45(5,6)7)13-11-15-38(39)43(40)47(8,9)42-27-25-36-34(12-10-14-37(36)42)30-17-21-32(22-18-30)44(2,3)4/h10-28,42-43H,1-9H3. The first-order valence-corrected chi connectivity index (χ1v) is 20.3. The molecule has 5 aromatic rings. The number of allylic oxidation sites excluding steroid dienone is 2. The minimum Gasteiger partial charge on any atom is -0.462 e. The van der Waals surface area contributed by atoms with E-state index in [-0.39, 0.29) is 10.8 Å². The van der Waals surface area contributed by atoms with E-state index in [1.807, 2.05) is 0 Å². The highest BCUT2D eigenvalue weighted by Gasteiger charge is 2.47. The quantitative estimate of drug-likeness (QED) is 0.176. The Morgan fingerprint density at radius 1 is 0.596 bits per heavy atom. The van der Waals surface area contributed by atoms with Crippen LogP contribution in [-0.4, -0.2) is 8.07 Å². The fourth-order valence-corrected chi connectivity index (χ4v) is 12.1. The second kappa shape index (κ2) is 11.2. The lowest BCUT2D eigenvalue weighted by molar-refractivity contribution is 0.520. The van der Waals surface area contributed by atoms with E-state index in [2.05, 4.69) is 177 Å². The lowest BCUT2D eigenvalue weighted by Crippen LogP contribution is -2.41. The molecule has 0 amide bonds. The molecule has 2 aliphatic rings. The highest BCUT2D eigenvalue weighted by molar-refractivity contribution is 6.82. The summed E-state index contributed by atoms with van der Waals surface area (Å²) >= 11 is 0. The first-order chi connectivity index (χ1) is 22.2. The Morgan fingerprint density at radius 3 is 1.64 bits per heavy atom. The zero-order valence-electron chi connectivity index (χ0n) is 29.5. The molecule has 2 aliphatic carbocycles. The second-order valence-electron chi connectivity index (χ2n) is 16.4. The first-order valence-electron chi connectivity index (χ1n) is 17.2. The monoisotopic (exact) mass is 632 g/mol. The topological polar surface area (TPSA) is 13.1 Å². The van der Waals surface area contributed by atoms with Crippen molar-refractivity contribution in [3.63, 3.8) is 0 Å². The maximum atomic E-state index is 6.40. The van der Waals surface area contributed by atoms with Crippen molar-refractivity contribution in [3.8, 4) is 22.3 Å². The predicted octanol–water partition coefficient (Wildman–Crippen LogP) is 12.8. The summed E-state index contributed by atoms with van der Waals surface area (Å²) in [7, 11) is -2.11. The van der Waals surface area contributed by atoms with Gasteiger partial charge in [0.05, 0.1) is 8.07 Å². The molecule has 2 unspecified atom stereocenters. The van der Waals surface area contributed by atoms with Crippen molar-refractivity contribution in [2.24, 2.45) is 0 Å². The maximum absolute atomic E-state index is 6.40. The summed E-state index contributed by atoms with van der Waals surface area (Å²) in [5, 5.41) is 0. The summed E-state index contributed by atoms with van der Waals surface area (Å²) in [5.74, 6) is 1.97. The van der Waals surface area contributed by atoms with Crippen LogP contribution in [0.5, 0.6) is 0 Å². The molecule has 4 aromatic carbocycles. The largest absolute Gasteiger partial charge is 0.462 e. The van der Waals surface area contributed by atoms with E-state index >= 15 is 0 Å².